The third-order valence-electron chi connectivity index (χ3n) is 5.66. The lowest BCUT2D eigenvalue weighted by Crippen LogP contribution is -2.07. The zero-order valence-corrected chi connectivity index (χ0v) is 18.0. The second kappa shape index (κ2) is 8.05. The highest BCUT2D eigenvalue weighted by Gasteiger charge is 2.17. The van der Waals surface area contributed by atoms with Crippen LogP contribution in [0.4, 0.5) is 5.69 Å². The van der Waals surface area contributed by atoms with Gasteiger partial charge in [-0.3, -0.25) is 4.40 Å². The molecule has 154 valence electrons. The average molecular weight is 415 g/mol. The van der Waals surface area contributed by atoms with E-state index in [1.807, 2.05) is 56.6 Å². The zero-order valence-electron chi connectivity index (χ0n) is 18.0. The summed E-state index contributed by atoms with van der Waals surface area (Å²) in [7, 11) is 4.08. The van der Waals surface area contributed by atoms with Crippen molar-refractivity contribution in [1.82, 2.24) is 9.38 Å². The van der Waals surface area contributed by atoms with Crippen molar-refractivity contribution in [3.05, 3.63) is 103 Å². The first-order valence-electron chi connectivity index (χ1n) is 10.5. The first-order valence-corrected chi connectivity index (χ1v) is 10.5. The molecule has 2 heterocycles. The van der Waals surface area contributed by atoms with Crippen molar-refractivity contribution >= 4 is 11.2 Å². The van der Waals surface area contributed by atoms with Crippen LogP contribution in [-0.2, 0) is 0 Å². The molecule has 3 aromatic carbocycles. The number of pyridine rings is 1. The molecule has 0 N–H and O–H groups in total. The summed E-state index contributed by atoms with van der Waals surface area (Å²) in [6, 6.07) is 34.9. The van der Waals surface area contributed by atoms with Gasteiger partial charge in [0.05, 0.1) is 28.5 Å². The number of hydrogen-bond acceptors (Lipinski definition) is 3. The molecule has 0 unspecified atom stereocenters. The van der Waals surface area contributed by atoms with E-state index in [0.29, 0.717) is 5.56 Å². The van der Waals surface area contributed by atoms with Gasteiger partial charge in [-0.1, -0.05) is 60.7 Å². The molecular formula is C28H22N4. The second-order valence-corrected chi connectivity index (χ2v) is 7.91. The minimum absolute atomic E-state index is 0.650. The zero-order chi connectivity index (χ0) is 22.1. The Morgan fingerprint density at radius 1 is 0.719 bits per heavy atom. The van der Waals surface area contributed by atoms with Gasteiger partial charge in [-0.2, -0.15) is 5.26 Å². The van der Waals surface area contributed by atoms with Crippen LogP contribution in [0, 0.1) is 11.3 Å². The summed E-state index contributed by atoms with van der Waals surface area (Å²) in [5.41, 5.74) is 8.00. The molecule has 32 heavy (non-hydrogen) atoms. The van der Waals surface area contributed by atoms with E-state index in [0.717, 1.165) is 45.1 Å². The summed E-state index contributed by atoms with van der Waals surface area (Å²) in [5, 5.41) is 9.18. The number of hydrogen-bond donors (Lipinski definition) is 0. The van der Waals surface area contributed by atoms with Crippen LogP contribution in [0.5, 0.6) is 0 Å². The van der Waals surface area contributed by atoms with Gasteiger partial charge in [0.2, 0.25) is 0 Å². The SMILES string of the molecule is CN(C)c1ccc(-c2nc(-c3ccccc3)n3c(-c4ccc(C#N)cc4)cccc23)cc1. The molecule has 0 amide bonds. The van der Waals surface area contributed by atoms with Gasteiger partial charge >= 0.3 is 0 Å². The summed E-state index contributed by atoms with van der Waals surface area (Å²) >= 11 is 0. The highest BCUT2D eigenvalue weighted by molar-refractivity contribution is 5.85. The van der Waals surface area contributed by atoms with Gasteiger partial charge in [-0.05, 0) is 42.0 Å². The standard InChI is InChI=1S/C28H22N4/c1-31(2)24-17-15-22(16-18-24)27-26-10-6-9-25(21-13-11-20(19-29)12-14-21)32(26)28(30-27)23-7-4-3-5-8-23/h3-18H,1-2H3. The summed E-state index contributed by atoms with van der Waals surface area (Å²) in [6.45, 7) is 0. The monoisotopic (exact) mass is 414 g/mol. The molecule has 4 nitrogen and oxygen atoms in total. The van der Waals surface area contributed by atoms with E-state index in [4.69, 9.17) is 4.98 Å². The first-order chi connectivity index (χ1) is 15.7. The summed E-state index contributed by atoms with van der Waals surface area (Å²) in [5.74, 6) is 0.896. The highest BCUT2D eigenvalue weighted by Crippen LogP contribution is 2.34. The van der Waals surface area contributed by atoms with Gasteiger partial charge in [0.25, 0.3) is 0 Å². The molecule has 0 spiro atoms. The summed E-state index contributed by atoms with van der Waals surface area (Å²) in [4.78, 5) is 7.21. The molecular weight excluding hydrogens is 392 g/mol. The van der Waals surface area contributed by atoms with Crippen molar-refractivity contribution in [2.24, 2.45) is 0 Å². The maximum absolute atomic E-state index is 9.18. The Kier molecular flexibility index (Phi) is 4.93. The Balaban J connectivity index is 1.77. The molecule has 0 bridgehead atoms. The van der Waals surface area contributed by atoms with Crippen molar-refractivity contribution in [3.63, 3.8) is 0 Å². The van der Waals surface area contributed by atoms with E-state index >= 15 is 0 Å². The fraction of sp³-hybridized carbons (Fsp3) is 0.0714. The molecule has 4 heteroatoms. The van der Waals surface area contributed by atoms with E-state index in [-0.39, 0.29) is 0 Å². The van der Waals surface area contributed by atoms with E-state index in [2.05, 4.69) is 70.0 Å². The fourth-order valence-electron chi connectivity index (χ4n) is 3.99. The molecule has 0 aliphatic rings. The number of anilines is 1. The second-order valence-electron chi connectivity index (χ2n) is 7.91. The highest BCUT2D eigenvalue weighted by atomic mass is 15.1. The number of aromatic nitrogens is 2. The minimum Gasteiger partial charge on any atom is -0.378 e. The molecule has 0 saturated carbocycles. The molecule has 0 aliphatic carbocycles. The molecule has 0 aliphatic heterocycles. The predicted molar refractivity (Wildman–Crippen MR) is 131 cm³/mol. The maximum Gasteiger partial charge on any atom is 0.145 e. The largest absolute Gasteiger partial charge is 0.378 e. The maximum atomic E-state index is 9.18. The Morgan fingerprint density at radius 2 is 1.41 bits per heavy atom. The Hall–Kier alpha value is -4.36. The Bertz CT molecular complexity index is 1420. The van der Waals surface area contributed by atoms with Gasteiger partial charge < -0.3 is 4.90 Å². The van der Waals surface area contributed by atoms with Crippen molar-refractivity contribution in [2.45, 2.75) is 0 Å². The normalized spacial score (nSPS) is 10.8. The quantitative estimate of drug-likeness (QED) is 0.348. The first kappa shape index (κ1) is 19.6. The molecule has 5 rings (SSSR count). The smallest absolute Gasteiger partial charge is 0.145 e. The lowest BCUT2D eigenvalue weighted by molar-refractivity contribution is 1.13. The molecule has 2 aromatic heterocycles. The predicted octanol–water partition coefficient (Wildman–Crippen LogP) is 6.27. The van der Waals surface area contributed by atoms with Gasteiger partial charge in [0.15, 0.2) is 0 Å². The van der Waals surface area contributed by atoms with Crippen molar-refractivity contribution in [1.29, 1.82) is 5.26 Å². The van der Waals surface area contributed by atoms with E-state index in [1.54, 1.807) is 0 Å². The van der Waals surface area contributed by atoms with Gasteiger partial charge in [0.1, 0.15) is 5.82 Å². The summed E-state index contributed by atoms with van der Waals surface area (Å²) < 4.78 is 2.21. The van der Waals surface area contributed by atoms with Gasteiger partial charge in [-0.25, -0.2) is 4.98 Å². The molecule has 0 atom stereocenters. The molecule has 5 aromatic rings. The van der Waals surface area contributed by atoms with Crippen LogP contribution in [0.25, 0.3) is 39.4 Å². The van der Waals surface area contributed by atoms with Crippen LogP contribution in [-0.4, -0.2) is 23.5 Å². The molecule has 0 fully saturated rings. The lowest BCUT2D eigenvalue weighted by atomic mass is 10.1. The minimum atomic E-state index is 0.650. The van der Waals surface area contributed by atoms with Gasteiger partial charge in [0, 0.05) is 30.9 Å². The van der Waals surface area contributed by atoms with Crippen LogP contribution in [0.2, 0.25) is 0 Å². The average Bonchev–Trinajstić information content (AvgIpc) is 3.25. The van der Waals surface area contributed by atoms with Crippen molar-refractivity contribution < 1.29 is 0 Å². The number of benzene rings is 3. The van der Waals surface area contributed by atoms with Crippen LogP contribution in [0.3, 0.4) is 0 Å². The Labute approximate surface area is 187 Å². The van der Waals surface area contributed by atoms with Crippen LogP contribution >= 0.6 is 0 Å². The topological polar surface area (TPSA) is 44.3 Å². The number of fused-ring (bicyclic) bond motifs is 1. The van der Waals surface area contributed by atoms with E-state index in [9.17, 15) is 5.26 Å². The van der Waals surface area contributed by atoms with Crippen LogP contribution < -0.4 is 4.90 Å². The number of imidazole rings is 1. The van der Waals surface area contributed by atoms with E-state index in [1.165, 1.54) is 0 Å². The van der Waals surface area contributed by atoms with E-state index < -0.39 is 0 Å². The number of nitrogens with zero attached hydrogens (tertiary/aromatic N) is 4. The third-order valence-corrected chi connectivity index (χ3v) is 5.66. The van der Waals surface area contributed by atoms with Crippen molar-refractivity contribution in [2.75, 3.05) is 19.0 Å². The molecule has 0 radical (unpaired) electrons. The summed E-state index contributed by atoms with van der Waals surface area (Å²) in [6.07, 6.45) is 0. The van der Waals surface area contributed by atoms with Crippen molar-refractivity contribution in [3.8, 4) is 40.0 Å². The molecule has 0 saturated heterocycles. The van der Waals surface area contributed by atoms with Gasteiger partial charge in [-0.15, -0.1) is 0 Å². The number of rotatable bonds is 4. The Morgan fingerprint density at radius 3 is 2.06 bits per heavy atom. The lowest BCUT2D eigenvalue weighted by Gasteiger charge is -2.12. The van der Waals surface area contributed by atoms with Crippen LogP contribution in [0.15, 0.2) is 97.1 Å². The number of nitriles is 1. The fourth-order valence-corrected chi connectivity index (χ4v) is 3.99. The van der Waals surface area contributed by atoms with Crippen LogP contribution in [0.1, 0.15) is 5.56 Å². The third kappa shape index (κ3) is 3.40.